The molecule has 0 N–H and O–H groups in total. The lowest BCUT2D eigenvalue weighted by Gasteiger charge is -2.20. The van der Waals surface area contributed by atoms with Crippen LogP contribution in [-0.4, -0.2) is 11.5 Å². The summed E-state index contributed by atoms with van der Waals surface area (Å²) < 4.78 is 5.95. The van der Waals surface area contributed by atoms with Crippen molar-refractivity contribution in [1.82, 2.24) is 4.98 Å². The first-order chi connectivity index (χ1) is 10.7. The molecule has 0 atom stereocenters. The summed E-state index contributed by atoms with van der Waals surface area (Å²) in [5.74, 6) is 0.841. The van der Waals surface area contributed by atoms with Gasteiger partial charge in [-0.05, 0) is 32.4 Å². The number of aryl methyl sites for hydroxylation is 2. The van der Waals surface area contributed by atoms with Crippen molar-refractivity contribution in [1.29, 1.82) is 0 Å². The van der Waals surface area contributed by atoms with Crippen LogP contribution in [0.5, 0.6) is 0 Å². The van der Waals surface area contributed by atoms with Crippen LogP contribution in [0.2, 0.25) is 0 Å². The zero-order valence-electron chi connectivity index (χ0n) is 13.2. The van der Waals surface area contributed by atoms with E-state index in [0.717, 1.165) is 29.2 Å². The molecular weight excluding hydrogens is 272 g/mol. The minimum atomic E-state index is 0.646. The van der Waals surface area contributed by atoms with E-state index in [4.69, 9.17) is 9.40 Å². The highest BCUT2D eigenvalue weighted by Crippen LogP contribution is 2.32. The molecule has 3 aromatic rings. The Hall–Kier alpha value is -2.55. The Morgan fingerprint density at radius 2 is 1.64 bits per heavy atom. The number of hydrogen-bond acceptors (Lipinski definition) is 3. The number of nitrogens with zero attached hydrogens (tertiary/aromatic N) is 2. The number of anilines is 2. The molecule has 0 aliphatic heterocycles. The van der Waals surface area contributed by atoms with Crippen molar-refractivity contribution in [2.75, 3.05) is 11.4 Å². The fraction of sp³-hybridized carbons (Fsp3) is 0.211. The minimum Gasteiger partial charge on any atom is -0.428 e. The van der Waals surface area contributed by atoms with Gasteiger partial charge >= 0.3 is 6.01 Å². The molecule has 0 saturated heterocycles. The van der Waals surface area contributed by atoms with Crippen LogP contribution in [0.3, 0.4) is 0 Å². The quantitative estimate of drug-likeness (QED) is 0.668. The van der Waals surface area contributed by atoms with Crippen LogP contribution in [0.4, 0.5) is 11.7 Å². The molecule has 0 aliphatic carbocycles. The normalized spacial score (nSPS) is 10.7. The largest absolute Gasteiger partial charge is 0.428 e. The first kappa shape index (κ1) is 14.4. The van der Waals surface area contributed by atoms with Crippen LogP contribution < -0.4 is 4.90 Å². The van der Waals surface area contributed by atoms with E-state index in [0.29, 0.717) is 6.01 Å². The van der Waals surface area contributed by atoms with Crippen LogP contribution >= 0.6 is 0 Å². The molecule has 1 heterocycles. The molecule has 0 saturated carbocycles. The van der Waals surface area contributed by atoms with E-state index in [1.807, 2.05) is 37.3 Å². The monoisotopic (exact) mass is 292 g/mol. The van der Waals surface area contributed by atoms with E-state index >= 15 is 0 Å². The number of benzene rings is 2. The van der Waals surface area contributed by atoms with E-state index in [-0.39, 0.29) is 0 Å². The molecule has 1 aromatic heterocycles. The van der Waals surface area contributed by atoms with Gasteiger partial charge in [0, 0.05) is 17.8 Å². The zero-order valence-corrected chi connectivity index (χ0v) is 13.2. The lowest BCUT2D eigenvalue weighted by Crippen LogP contribution is -2.17. The number of oxazole rings is 1. The lowest BCUT2D eigenvalue weighted by atomic mass is 10.1. The third kappa shape index (κ3) is 2.62. The van der Waals surface area contributed by atoms with Crippen molar-refractivity contribution >= 4 is 11.7 Å². The van der Waals surface area contributed by atoms with Crippen LogP contribution in [0.1, 0.15) is 18.2 Å². The molecule has 3 nitrogen and oxygen atoms in total. The van der Waals surface area contributed by atoms with Crippen molar-refractivity contribution in [3.05, 3.63) is 65.9 Å². The average Bonchev–Trinajstić information content (AvgIpc) is 2.92. The Kier molecular flexibility index (Phi) is 3.96. The molecule has 0 radical (unpaired) electrons. The summed E-state index contributed by atoms with van der Waals surface area (Å²) >= 11 is 0. The van der Waals surface area contributed by atoms with Crippen molar-refractivity contribution < 1.29 is 4.42 Å². The van der Waals surface area contributed by atoms with Crippen molar-refractivity contribution in [2.24, 2.45) is 0 Å². The fourth-order valence-corrected chi connectivity index (χ4v) is 2.64. The Bertz CT molecular complexity index is 762. The maximum Gasteiger partial charge on any atom is 0.302 e. The number of para-hydroxylation sites is 1. The van der Waals surface area contributed by atoms with Gasteiger partial charge in [-0.1, -0.05) is 48.5 Å². The highest BCUT2D eigenvalue weighted by molar-refractivity contribution is 5.66. The summed E-state index contributed by atoms with van der Waals surface area (Å²) in [5.41, 5.74) is 4.32. The van der Waals surface area contributed by atoms with E-state index in [2.05, 4.69) is 43.0 Å². The fourth-order valence-electron chi connectivity index (χ4n) is 2.64. The molecule has 3 rings (SSSR count). The summed E-state index contributed by atoms with van der Waals surface area (Å²) in [6.07, 6.45) is 0. The molecule has 0 bridgehead atoms. The minimum absolute atomic E-state index is 0.646. The summed E-state index contributed by atoms with van der Waals surface area (Å²) in [6.45, 7) is 6.98. The predicted molar refractivity (Wildman–Crippen MR) is 90.5 cm³/mol. The van der Waals surface area contributed by atoms with Crippen LogP contribution in [0.15, 0.2) is 59.0 Å². The van der Waals surface area contributed by atoms with Gasteiger partial charge in [0.2, 0.25) is 0 Å². The molecule has 0 aliphatic rings. The zero-order chi connectivity index (χ0) is 15.5. The average molecular weight is 292 g/mol. The standard InChI is InChI=1S/C19H20N2O/c1-4-21(17-13-9-8-10-14(17)2)19-20-18(15(3)22-19)16-11-6-5-7-12-16/h5-13H,4H2,1-3H3. The Balaban J connectivity index is 2.03. The van der Waals surface area contributed by atoms with Gasteiger partial charge in [0.25, 0.3) is 0 Å². The van der Waals surface area contributed by atoms with Gasteiger partial charge in [-0.2, -0.15) is 4.98 Å². The maximum atomic E-state index is 5.95. The third-order valence-electron chi connectivity index (χ3n) is 3.79. The first-order valence-corrected chi connectivity index (χ1v) is 7.56. The van der Waals surface area contributed by atoms with Gasteiger partial charge in [0.05, 0.1) is 0 Å². The lowest BCUT2D eigenvalue weighted by molar-refractivity contribution is 0.527. The Labute approximate surface area is 131 Å². The van der Waals surface area contributed by atoms with Gasteiger partial charge < -0.3 is 4.42 Å². The maximum absolute atomic E-state index is 5.95. The van der Waals surface area contributed by atoms with E-state index in [9.17, 15) is 0 Å². The van der Waals surface area contributed by atoms with E-state index in [1.54, 1.807) is 0 Å². The highest BCUT2D eigenvalue weighted by atomic mass is 16.4. The first-order valence-electron chi connectivity index (χ1n) is 7.56. The summed E-state index contributed by atoms with van der Waals surface area (Å²) in [4.78, 5) is 6.83. The van der Waals surface area contributed by atoms with E-state index in [1.165, 1.54) is 5.56 Å². The van der Waals surface area contributed by atoms with Crippen LogP contribution in [-0.2, 0) is 0 Å². The van der Waals surface area contributed by atoms with Crippen molar-refractivity contribution in [2.45, 2.75) is 20.8 Å². The highest BCUT2D eigenvalue weighted by Gasteiger charge is 2.18. The van der Waals surface area contributed by atoms with Gasteiger partial charge in [-0.3, -0.25) is 4.90 Å². The number of hydrogen-bond donors (Lipinski definition) is 0. The smallest absolute Gasteiger partial charge is 0.302 e. The molecule has 22 heavy (non-hydrogen) atoms. The molecule has 2 aromatic carbocycles. The topological polar surface area (TPSA) is 29.3 Å². The Morgan fingerprint density at radius 3 is 2.32 bits per heavy atom. The summed E-state index contributed by atoms with van der Waals surface area (Å²) in [6, 6.07) is 19.1. The van der Waals surface area contributed by atoms with Gasteiger partial charge in [-0.15, -0.1) is 0 Å². The van der Waals surface area contributed by atoms with E-state index < -0.39 is 0 Å². The molecule has 0 unspecified atom stereocenters. The summed E-state index contributed by atoms with van der Waals surface area (Å²) in [7, 11) is 0. The number of aromatic nitrogens is 1. The van der Waals surface area contributed by atoms with Crippen LogP contribution in [0.25, 0.3) is 11.3 Å². The second-order valence-electron chi connectivity index (χ2n) is 5.30. The van der Waals surface area contributed by atoms with Gasteiger partial charge in [-0.25, -0.2) is 0 Å². The molecule has 0 spiro atoms. The van der Waals surface area contributed by atoms with Crippen molar-refractivity contribution in [3.63, 3.8) is 0 Å². The Morgan fingerprint density at radius 1 is 0.955 bits per heavy atom. The SMILES string of the molecule is CCN(c1nc(-c2ccccc2)c(C)o1)c1ccccc1C. The molecule has 112 valence electrons. The predicted octanol–water partition coefficient (Wildman–Crippen LogP) is 5.12. The molecule has 0 fully saturated rings. The second kappa shape index (κ2) is 6.06. The third-order valence-corrected chi connectivity index (χ3v) is 3.79. The van der Waals surface area contributed by atoms with Crippen LogP contribution in [0, 0.1) is 13.8 Å². The molecular formula is C19H20N2O. The van der Waals surface area contributed by atoms with Gasteiger partial charge in [0.15, 0.2) is 0 Å². The van der Waals surface area contributed by atoms with Crippen molar-refractivity contribution in [3.8, 4) is 11.3 Å². The second-order valence-corrected chi connectivity index (χ2v) is 5.30. The summed E-state index contributed by atoms with van der Waals surface area (Å²) in [5, 5.41) is 0. The molecule has 3 heteroatoms. The van der Waals surface area contributed by atoms with Gasteiger partial charge in [0.1, 0.15) is 11.5 Å². The molecule has 0 amide bonds. The number of rotatable bonds is 4.